The topological polar surface area (TPSA) is 80.5 Å². The normalized spacial score (nSPS) is 10.4. The predicted octanol–water partition coefficient (Wildman–Crippen LogP) is 3.13. The number of benzene rings is 2. The summed E-state index contributed by atoms with van der Waals surface area (Å²) in [5, 5.41) is 18.1. The fraction of sp³-hybridized carbons (Fsp3) is 0.118. The number of hydrogen-bond donors (Lipinski definition) is 1. The Kier molecular flexibility index (Phi) is 4.31. The highest BCUT2D eigenvalue weighted by atomic mass is 32.2. The summed E-state index contributed by atoms with van der Waals surface area (Å²) in [6.07, 6.45) is 0. The molecule has 0 unspecified atom stereocenters. The monoisotopic (exact) mass is 321 g/mol. The molecule has 6 heteroatoms. The van der Waals surface area contributed by atoms with Gasteiger partial charge in [-0.15, -0.1) is 10.2 Å². The van der Waals surface area contributed by atoms with E-state index in [4.69, 9.17) is 11.1 Å². The van der Waals surface area contributed by atoms with Gasteiger partial charge in [0.1, 0.15) is 0 Å². The molecule has 0 fully saturated rings. The average Bonchev–Trinajstić information content (AvgIpc) is 2.95. The predicted molar refractivity (Wildman–Crippen MR) is 91.1 cm³/mol. The second-order valence-corrected chi connectivity index (χ2v) is 6.04. The zero-order chi connectivity index (χ0) is 16.2. The van der Waals surface area contributed by atoms with E-state index in [2.05, 4.69) is 16.3 Å². The number of nitrogen functional groups attached to an aromatic ring is 1. The van der Waals surface area contributed by atoms with Crippen LogP contribution in [0.1, 0.15) is 16.7 Å². The lowest BCUT2D eigenvalue weighted by atomic mass is 10.1. The van der Waals surface area contributed by atoms with Crippen LogP contribution in [0.15, 0.2) is 53.7 Å². The van der Waals surface area contributed by atoms with E-state index in [0.717, 1.165) is 11.1 Å². The van der Waals surface area contributed by atoms with Crippen LogP contribution in [0.4, 0.5) is 0 Å². The minimum absolute atomic E-state index is 0.618. The van der Waals surface area contributed by atoms with Gasteiger partial charge in [-0.25, -0.2) is 4.68 Å². The molecule has 2 N–H and O–H groups in total. The Morgan fingerprint density at radius 2 is 1.87 bits per heavy atom. The van der Waals surface area contributed by atoms with E-state index in [1.54, 1.807) is 6.07 Å². The molecule has 0 saturated carbocycles. The number of nitrogens with two attached hydrogens (primary N) is 1. The molecule has 0 saturated heterocycles. The van der Waals surface area contributed by atoms with Crippen molar-refractivity contribution in [2.24, 2.45) is 0 Å². The van der Waals surface area contributed by atoms with Gasteiger partial charge in [-0.05, 0) is 18.6 Å². The van der Waals surface area contributed by atoms with Crippen LogP contribution in [0, 0.1) is 18.3 Å². The molecule has 1 aromatic heterocycles. The molecule has 3 rings (SSSR count). The van der Waals surface area contributed by atoms with Gasteiger partial charge in [0.25, 0.3) is 0 Å². The molecule has 0 aliphatic carbocycles. The summed E-state index contributed by atoms with van der Waals surface area (Å²) in [7, 11) is 0. The molecule has 3 aromatic rings. The highest BCUT2D eigenvalue weighted by Crippen LogP contribution is 2.25. The van der Waals surface area contributed by atoms with Gasteiger partial charge < -0.3 is 5.84 Å². The van der Waals surface area contributed by atoms with Gasteiger partial charge in [-0.1, -0.05) is 59.8 Å². The van der Waals surface area contributed by atoms with Crippen LogP contribution in [-0.2, 0) is 5.75 Å². The Bertz CT molecular complexity index is 861. The molecule has 0 aliphatic heterocycles. The van der Waals surface area contributed by atoms with Crippen molar-refractivity contribution in [3.63, 3.8) is 0 Å². The van der Waals surface area contributed by atoms with Crippen LogP contribution < -0.4 is 5.84 Å². The van der Waals surface area contributed by atoms with Gasteiger partial charge in [0.2, 0.25) is 5.16 Å². The Labute approximate surface area is 138 Å². The lowest BCUT2D eigenvalue weighted by Gasteiger charge is -2.05. The number of hydrogen-bond acceptors (Lipinski definition) is 5. The molecular formula is C17H15N5S. The van der Waals surface area contributed by atoms with E-state index in [9.17, 15) is 0 Å². The van der Waals surface area contributed by atoms with Crippen molar-refractivity contribution < 1.29 is 0 Å². The molecule has 23 heavy (non-hydrogen) atoms. The third kappa shape index (κ3) is 3.20. The molecule has 114 valence electrons. The Balaban J connectivity index is 1.80. The lowest BCUT2D eigenvalue weighted by Crippen LogP contribution is -2.11. The summed E-state index contributed by atoms with van der Waals surface area (Å²) >= 11 is 1.46. The number of nitrogens with zero attached hydrogens (tertiary/aromatic N) is 4. The second-order valence-electron chi connectivity index (χ2n) is 5.10. The van der Waals surface area contributed by atoms with Crippen LogP contribution in [-0.4, -0.2) is 14.9 Å². The van der Waals surface area contributed by atoms with Crippen molar-refractivity contribution in [2.75, 3.05) is 5.84 Å². The van der Waals surface area contributed by atoms with Crippen molar-refractivity contribution in [1.29, 1.82) is 5.26 Å². The first kappa shape index (κ1) is 15.1. The van der Waals surface area contributed by atoms with Crippen LogP contribution >= 0.6 is 11.8 Å². The molecular weight excluding hydrogens is 306 g/mol. The maximum atomic E-state index is 9.13. The number of nitriles is 1. The average molecular weight is 321 g/mol. The molecule has 1 heterocycles. The summed E-state index contributed by atoms with van der Waals surface area (Å²) in [6.45, 7) is 2.03. The van der Waals surface area contributed by atoms with Crippen molar-refractivity contribution in [3.05, 3.63) is 65.2 Å². The highest BCUT2D eigenvalue weighted by Gasteiger charge is 2.12. The SMILES string of the molecule is Cc1ccc(-c2nnc(SCc3ccccc3C#N)n2N)cc1. The second kappa shape index (κ2) is 6.55. The van der Waals surface area contributed by atoms with Crippen molar-refractivity contribution in [1.82, 2.24) is 14.9 Å². The first-order valence-electron chi connectivity index (χ1n) is 7.07. The van der Waals surface area contributed by atoms with Gasteiger partial charge in [-0.3, -0.25) is 0 Å². The highest BCUT2D eigenvalue weighted by molar-refractivity contribution is 7.98. The Hall–Kier alpha value is -2.78. The molecule has 2 aromatic carbocycles. The van der Waals surface area contributed by atoms with Gasteiger partial charge in [0.15, 0.2) is 5.82 Å². The number of thioether (sulfide) groups is 1. The summed E-state index contributed by atoms with van der Waals surface area (Å²) in [5.41, 5.74) is 3.73. The number of aryl methyl sites for hydroxylation is 1. The van der Waals surface area contributed by atoms with Crippen LogP contribution in [0.2, 0.25) is 0 Å². The molecule has 0 aliphatic rings. The van der Waals surface area contributed by atoms with Gasteiger partial charge in [0, 0.05) is 11.3 Å². The minimum atomic E-state index is 0.618. The fourth-order valence-electron chi connectivity index (χ4n) is 2.17. The van der Waals surface area contributed by atoms with Gasteiger partial charge in [-0.2, -0.15) is 5.26 Å². The first-order chi connectivity index (χ1) is 11.2. The standard InChI is InChI=1S/C17H15N5S/c1-12-6-8-13(9-7-12)16-20-21-17(22(16)19)23-11-15-5-3-2-4-14(15)10-18/h2-9H,11,19H2,1H3. The van der Waals surface area contributed by atoms with E-state index >= 15 is 0 Å². The quantitative estimate of drug-likeness (QED) is 0.590. The summed E-state index contributed by atoms with van der Waals surface area (Å²) in [6, 6.07) is 17.7. The molecule has 0 spiro atoms. The van der Waals surface area contributed by atoms with Crippen molar-refractivity contribution in [3.8, 4) is 17.5 Å². The van der Waals surface area contributed by atoms with E-state index in [1.165, 1.54) is 22.0 Å². The molecule has 0 radical (unpaired) electrons. The maximum absolute atomic E-state index is 9.13. The largest absolute Gasteiger partial charge is 0.335 e. The summed E-state index contributed by atoms with van der Waals surface area (Å²) < 4.78 is 1.49. The number of rotatable bonds is 4. The first-order valence-corrected chi connectivity index (χ1v) is 8.06. The molecule has 0 bridgehead atoms. The zero-order valence-corrected chi connectivity index (χ0v) is 13.4. The van der Waals surface area contributed by atoms with Crippen molar-refractivity contribution in [2.45, 2.75) is 17.8 Å². The van der Waals surface area contributed by atoms with Crippen molar-refractivity contribution >= 4 is 11.8 Å². The zero-order valence-electron chi connectivity index (χ0n) is 12.6. The van der Waals surface area contributed by atoms with Crippen LogP contribution in [0.3, 0.4) is 0 Å². The smallest absolute Gasteiger partial charge is 0.210 e. The van der Waals surface area contributed by atoms with E-state index < -0.39 is 0 Å². The van der Waals surface area contributed by atoms with Crippen LogP contribution in [0.5, 0.6) is 0 Å². The van der Waals surface area contributed by atoms with Gasteiger partial charge in [0.05, 0.1) is 11.6 Å². The van der Waals surface area contributed by atoms with E-state index in [0.29, 0.717) is 22.3 Å². The third-order valence-electron chi connectivity index (χ3n) is 3.47. The van der Waals surface area contributed by atoms with E-state index in [-0.39, 0.29) is 0 Å². The van der Waals surface area contributed by atoms with Crippen LogP contribution in [0.25, 0.3) is 11.4 Å². The summed E-state index contributed by atoms with van der Waals surface area (Å²) in [5.74, 6) is 7.36. The summed E-state index contributed by atoms with van der Waals surface area (Å²) in [4.78, 5) is 0. The Morgan fingerprint density at radius 1 is 1.13 bits per heavy atom. The number of aromatic nitrogens is 3. The lowest BCUT2D eigenvalue weighted by molar-refractivity contribution is 0.849. The third-order valence-corrected chi connectivity index (χ3v) is 4.46. The fourth-order valence-corrected chi connectivity index (χ4v) is 3.03. The maximum Gasteiger partial charge on any atom is 0.210 e. The minimum Gasteiger partial charge on any atom is -0.335 e. The van der Waals surface area contributed by atoms with Gasteiger partial charge >= 0.3 is 0 Å². The molecule has 0 amide bonds. The Morgan fingerprint density at radius 3 is 2.61 bits per heavy atom. The molecule has 0 atom stereocenters. The van der Waals surface area contributed by atoms with E-state index in [1.807, 2.05) is 49.4 Å². The molecule has 5 nitrogen and oxygen atoms in total.